The lowest BCUT2D eigenvalue weighted by Crippen LogP contribution is -2.48. The zero-order valence-corrected chi connectivity index (χ0v) is 11.8. The number of carbonyl (C=O) groups is 1. The van der Waals surface area contributed by atoms with Gasteiger partial charge in [-0.15, -0.1) is 0 Å². The van der Waals surface area contributed by atoms with Crippen LogP contribution in [0.2, 0.25) is 0 Å². The fraction of sp³-hybridized carbons (Fsp3) is 0.533. The highest BCUT2D eigenvalue weighted by Crippen LogP contribution is 2.13. The minimum absolute atomic E-state index is 0.138. The van der Waals surface area contributed by atoms with E-state index in [9.17, 15) is 4.79 Å². The third-order valence-corrected chi connectivity index (χ3v) is 3.80. The first-order chi connectivity index (χ1) is 9.18. The van der Waals surface area contributed by atoms with Gasteiger partial charge < -0.3 is 10.2 Å². The molecule has 1 N–H and O–H groups in total. The van der Waals surface area contributed by atoms with Gasteiger partial charge in [-0.2, -0.15) is 0 Å². The highest BCUT2D eigenvalue weighted by atomic mass is 16.2. The fourth-order valence-electron chi connectivity index (χ4n) is 2.45. The molecule has 4 nitrogen and oxygen atoms in total. The number of benzene rings is 1. The van der Waals surface area contributed by atoms with Crippen molar-refractivity contribution in [3.05, 3.63) is 30.3 Å². The van der Waals surface area contributed by atoms with Crippen molar-refractivity contribution in [3.63, 3.8) is 0 Å². The summed E-state index contributed by atoms with van der Waals surface area (Å²) in [6.07, 6.45) is 2.36. The van der Waals surface area contributed by atoms with Gasteiger partial charge in [0.05, 0.1) is 6.54 Å². The van der Waals surface area contributed by atoms with Crippen molar-refractivity contribution in [2.75, 3.05) is 38.6 Å². The van der Waals surface area contributed by atoms with Crippen molar-refractivity contribution in [1.82, 2.24) is 10.2 Å². The summed E-state index contributed by atoms with van der Waals surface area (Å²) in [6, 6.07) is 10.3. The predicted molar refractivity (Wildman–Crippen MR) is 78.4 cm³/mol. The van der Waals surface area contributed by atoms with Crippen LogP contribution in [0.25, 0.3) is 0 Å². The van der Waals surface area contributed by atoms with Crippen molar-refractivity contribution in [2.24, 2.45) is 0 Å². The van der Waals surface area contributed by atoms with E-state index in [2.05, 4.69) is 10.2 Å². The average molecular weight is 261 g/mol. The minimum atomic E-state index is 0.138. The van der Waals surface area contributed by atoms with Gasteiger partial charge in [-0.1, -0.05) is 18.2 Å². The van der Waals surface area contributed by atoms with Gasteiger partial charge in [0.25, 0.3) is 0 Å². The molecule has 104 valence electrons. The van der Waals surface area contributed by atoms with E-state index in [1.54, 1.807) is 4.90 Å². The van der Waals surface area contributed by atoms with E-state index < -0.39 is 0 Å². The molecule has 0 bridgehead atoms. The molecule has 0 aliphatic carbocycles. The maximum absolute atomic E-state index is 12.3. The molecule has 1 aliphatic heterocycles. The molecule has 0 radical (unpaired) electrons. The van der Waals surface area contributed by atoms with Crippen LogP contribution in [0.3, 0.4) is 0 Å². The molecule has 1 saturated heterocycles. The first kappa shape index (κ1) is 14.0. The zero-order chi connectivity index (χ0) is 13.7. The molecule has 1 atom stereocenters. The predicted octanol–water partition coefficient (Wildman–Crippen LogP) is 1.33. The number of carbonyl (C=O) groups excluding carboxylic acids is 1. The molecule has 1 amide bonds. The SMILES string of the molecule is CN(C(=O)CN(C)C1CCCNC1)c1ccccc1. The van der Waals surface area contributed by atoms with Crippen molar-refractivity contribution >= 4 is 11.6 Å². The maximum atomic E-state index is 12.3. The number of para-hydroxylation sites is 1. The van der Waals surface area contributed by atoms with Crippen LogP contribution in [0.15, 0.2) is 30.3 Å². The Morgan fingerprint density at radius 1 is 1.32 bits per heavy atom. The number of hydrogen-bond acceptors (Lipinski definition) is 3. The summed E-state index contributed by atoms with van der Waals surface area (Å²) in [4.78, 5) is 16.1. The number of piperidine rings is 1. The van der Waals surface area contributed by atoms with E-state index in [-0.39, 0.29) is 5.91 Å². The van der Waals surface area contributed by atoms with Crippen molar-refractivity contribution in [3.8, 4) is 0 Å². The van der Waals surface area contributed by atoms with Crippen LogP contribution in [0.4, 0.5) is 5.69 Å². The first-order valence-corrected chi connectivity index (χ1v) is 6.91. The molecule has 2 rings (SSSR count). The number of rotatable bonds is 4. The average Bonchev–Trinajstić information content (AvgIpc) is 2.48. The number of likely N-dealkylation sites (N-methyl/N-ethyl adjacent to an activating group) is 2. The normalized spacial score (nSPS) is 19.4. The quantitative estimate of drug-likeness (QED) is 0.888. The van der Waals surface area contributed by atoms with Crippen molar-refractivity contribution < 1.29 is 4.79 Å². The van der Waals surface area contributed by atoms with E-state index in [0.29, 0.717) is 12.6 Å². The van der Waals surface area contributed by atoms with Gasteiger partial charge in [0.2, 0.25) is 5.91 Å². The summed E-state index contributed by atoms with van der Waals surface area (Å²) in [6.45, 7) is 2.55. The van der Waals surface area contributed by atoms with E-state index >= 15 is 0 Å². The Balaban J connectivity index is 1.89. The second kappa shape index (κ2) is 6.68. The van der Waals surface area contributed by atoms with Crippen molar-refractivity contribution in [1.29, 1.82) is 0 Å². The van der Waals surface area contributed by atoms with Crippen LogP contribution in [0.1, 0.15) is 12.8 Å². The Labute approximate surface area is 115 Å². The largest absolute Gasteiger partial charge is 0.315 e. The van der Waals surface area contributed by atoms with E-state index in [4.69, 9.17) is 0 Å². The third-order valence-electron chi connectivity index (χ3n) is 3.80. The second-order valence-corrected chi connectivity index (χ2v) is 5.20. The molecule has 0 saturated carbocycles. The van der Waals surface area contributed by atoms with E-state index in [1.807, 2.05) is 44.4 Å². The smallest absolute Gasteiger partial charge is 0.240 e. The third kappa shape index (κ3) is 3.78. The van der Waals surface area contributed by atoms with Crippen LogP contribution >= 0.6 is 0 Å². The molecule has 19 heavy (non-hydrogen) atoms. The summed E-state index contributed by atoms with van der Waals surface area (Å²) in [5, 5.41) is 3.38. The highest BCUT2D eigenvalue weighted by molar-refractivity contribution is 5.94. The zero-order valence-electron chi connectivity index (χ0n) is 11.8. The Hall–Kier alpha value is -1.39. The van der Waals surface area contributed by atoms with Gasteiger partial charge in [0.15, 0.2) is 0 Å². The Kier molecular flexibility index (Phi) is 4.93. The molecule has 1 aromatic carbocycles. The molecule has 0 aromatic heterocycles. The lowest BCUT2D eigenvalue weighted by molar-refractivity contribution is -0.119. The molecule has 1 heterocycles. The molecule has 0 spiro atoms. The fourth-order valence-corrected chi connectivity index (χ4v) is 2.45. The lowest BCUT2D eigenvalue weighted by atomic mass is 10.1. The van der Waals surface area contributed by atoms with Crippen LogP contribution in [0, 0.1) is 0 Å². The van der Waals surface area contributed by atoms with E-state index in [1.165, 1.54) is 12.8 Å². The number of amides is 1. The van der Waals surface area contributed by atoms with Crippen LogP contribution in [-0.2, 0) is 4.79 Å². The Bertz CT molecular complexity index is 401. The maximum Gasteiger partial charge on any atom is 0.240 e. The van der Waals surface area contributed by atoms with Crippen LogP contribution in [0.5, 0.6) is 0 Å². The van der Waals surface area contributed by atoms with Gasteiger partial charge in [-0.25, -0.2) is 0 Å². The number of anilines is 1. The molecule has 1 aromatic rings. The monoisotopic (exact) mass is 261 g/mol. The highest BCUT2D eigenvalue weighted by Gasteiger charge is 2.21. The summed E-state index contributed by atoms with van der Waals surface area (Å²) in [5.41, 5.74) is 0.947. The van der Waals surface area contributed by atoms with Gasteiger partial charge in [0, 0.05) is 25.3 Å². The lowest BCUT2D eigenvalue weighted by Gasteiger charge is -2.32. The topological polar surface area (TPSA) is 35.6 Å². The number of hydrogen-bond donors (Lipinski definition) is 1. The Morgan fingerprint density at radius 3 is 2.68 bits per heavy atom. The van der Waals surface area contributed by atoms with Gasteiger partial charge in [0.1, 0.15) is 0 Å². The standard InChI is InChI=1S/C15H23N3O/c1-17(14-9-6-10-16-11-14)12-15(19)18(2)13-7-4-3-5-8-13/h3-5,7-8,14,16H,6,9-12H2,1-2H3. The van der Waals surface area contributed by atoms with Gasteiger partial charge >= 0.3 is 0 Å². The summed E-state index contributed by atoms with van der Waals surface area (Å²) in [7, 11) is 3.87. The number of nitrogens with one attached hydrogen (secondary N) is 1. The Morgan fingerprint density at radius 2 is 2.05 bits per heavy atom. The number of nitrogens with zero attached hydrogens (tertiary/aromatic N) is 2. The van der Waals surface area contributed by atoms with Gasteiger partial charge in [-0.05, 0) is 38.6 Å². The second-order valence-electron chi connectivity index (χ2n) is 5.20. The molecular weight excluding hydrogens is 238 g/mol. The molecule has 1 unspecified atom stereocenters. The molecule has 4 heteroatoms. The summed E-state index contributed by atoms with van der Waals surface area (Å²) < 4.78 is 0. The minimum Gasteiger partial charge on any atom is -0.315 e. The van der Waals surface area contributed by atoms with Gasteiger partial charge in [-0.3, -0.25) is 9.69 Å². The van der Waals surface area contributed by atoms with Crippen LogP contribution < -0.4 is 10.2 Å². The molecular formula is C15H23N3O. The summed E-state index contributed by atoms with van der Waals surface area (Å²) >= 11 is 0. The molecule has 1 aliphatic rings. The van der Waals surface area contributed by atoms with E-state index in [0.717, 1.165) is 18.8 Å². The summed E-state index contributed by atoms with van der Waals surface area (Å²) in [5.74, 6) is 0.138. The van der Waals surface area contributed by atoms with Crippen LogP contribution in [-0.4, -0.2) is 50.6 Å². The van der Waals surface area contributed by atoms with Crippen molar-refractivity contribution in [2.45, 2.75) is 18.9 Å². The molecule has 1 fully saturated rings. The first-order valence-electron chi connectivity index (χ1n) is 6.91.